The Kier molecular flexibility index (Phi) is 3.55. The molecule has 1 aromatic carbocycles. The topological polar surface area (TPSA) is 18.5 Å². The summed E-state index contributed by atoms with van der Waals surface area (Å²) < 4.78 is 11.1. The lowest BCUT2D eigenvalue weighted by molar-refractivity contribution is -0.129. The minimum absolute atomic E-state index is 0.581. The van der Waals surface area contributed by atoms with Crippen LogP contribution in [0, 0.1) is 11.8 Å². The van der Waals surface area contributed by atoms with E-state index in [4.69, 9.17) is 9.47 Å². The van der Waals surface area contributed by atoms with E-state index in [1.54, 1.807) is 7.11 Å². The van der Waals surface area contributed by atoms with E-state index < -0.39 is 0 Å². The second-order valence-electron chi connectivity index (χ2n) is 5.62. The maximum Gasteiger partial charge on any atom is 0.118 e. The van der Waals surface area contributed by atoms with Crippen molar-refractivity contribution >= 4 is 0 Å². The Morgan fingerprint density at radius 3 is 2.83 bits per heavy atom. The van der Waals surface area contributed by atoms with Gasteiger partial charge < -0.3 is 9.47 Å². The van der Waals surface area contributed by atoms with E-state index in [1.165, 1.54) is 37.7 Å². The second kappa shape index (κ2) is 5.31. The van der Waals surface area contributed by atoms with Crippen LogP contribution in [0.3, 0.4) is 0 Å². The van der Waals surface area contributed by atoms with Gasteiger partial charge in [0, 0.05) is 6.61 Å². The molecular formula is C16H22O2. The number of benzene rings is 1. The highest BCUT2D eigenvalue weighted by atomic mass is 16.5. The molecule has 0 spiro atoms. The third-order valence-corrected chi connectivity index (χ3v) is 4.53. The van der Waals surface area contributed by atoms with Gasteiger partial charge in [0.05, 0.1) is 13.2 Å². The minimum Gasteiger partial charge on any atom is -0.497 e. The van der Waals surface area contributed by atoms with Gasteiger partial charge in [-0.25, -0.2) is 0 Å². The highest BCUT2D eigenvalue weighted by molar-refractivity contribution is 5.27. The van der Waals surface area contributed by atoms with Crippen molar-refractivity contribution in [1.29, 1.82) is 0 Å². The summed E-state index contributed by atoms with van der Waals surface area (Å²) in [6.45, 7) is 0.986. The quantitative estimate of drug-likeness (QED) is 0.810. The first-order valence-electron chi connectivity index (χ1n) is 7.11. The SMILES string of the molecule is COc1ccc(CCC2C[C@H]3CCCO[C@@H]23)cc1. The lowest BCUT2D eigenvalue weighted by Crippen LogP contribution is -2.46. The second-order valence-corrected chi connectivity index (χ2v) is 5.62. The molecular weight excluding hydrogens is 224 g/mol. The van der Waals surface area contributed by atoms with Gasteiger partial charge in [0.1, 0.15) is 5.75 Å². The number of fused-ring (bicyclic) bond motifs is 1. The predicted octanol–water partition coefficient (Wildman–Crippen LogP) is 3.44. The highest BCUT2D eigenvalue weighted by Crippen LogP contribution is 2.44. The van der Waals surface area contributed by atoms with Crippen molar-refractivity contribution in [2.75, 3.05) is 13.7 Å². The average Bonchev–Trinajstić information content (AvgIpc) is 2.40. The maximum absolute atomic E-state index is 5.89. The first kappa shape index (κ1) is 12.0. The molecule has 3 rings (SSSR count). The van der Waals surface area contributed by atoms with Gasteiger partial charge in [0.15, 0.2) is 0 Å². The largest absolute Gasteiger partial charge is 0.497 e. The molecule has 18 heavy (non-hydrogen) atoms. The number of rotatable bonds is 4. The van der Waals surface area contributed by atoms with Gasteiger partial charge in [0.2, 0.25) is 0 Å². The van der Waals surface area contributed by atoms with Crippen LogP contribution < -0.4 is 4.74 Å². The minimum atomic E-state index is 0.581. The van der Waals surface area contributed by atoms with E-state index in [2.05, 4.69) is 24.3 Å². The van der Waals surface area contributed by atoms with Crippen molar-refractivity contribution in [3.8, 4) is 5.75 Å². The van der Waals surface area contributed by atoms with E-state index >= 15 is 0 Å². The van der Waals surface area contributed by atoms with Crippen molar-refractivity contribution in [3.05, 3.63) is 29.8 Å². The third-order valence-electron chi connectivity index (χ3n) is 4.53. The monoisotopic (exact) mass is 246 g/mol. The fraction of sp³-hybridized carbons (Fsp3) is 0.625. The van der Waals surface area contributed by atoms with Crippen molar-refractivity contribution < 1.29 is 9.47 Å². The highest BCUT2D eigenvalue weighted by Gasteiger charge is 2.42. The Morgan fingerprint density at radius 1 is 1.28 bits per heavy atom. The molecule has 1 heterocycles. The molecule has 1 aliphatic heterocycles. The molecule has 1 aliphatic carbocycles. The Labute approximate surface area is 109 Å². The first-order chi connectivity index (χ1) is 8.86. The van der Waals surface area contributed by atoms with Gasteiger partial charge in [-0.2, -0.15) is 0 Å². The zero-order chi connectivity index (χ0) is 12.4. The van der Waals surface area contributed by atoms with Crippen LogP contribution in [-0.4, -0.2) is 19.8 Å². The van der Waals surface area contributed by atoms with Crippen LogP contribution in [0.4, 0.5) is 0 Å². The normalized spacial score (nSPS) is 30.4. The molecule has 0 bridgehead atoms. The molecule has 2 nitrogen and oxygen atoms in total. The van der Waals surface area contributed by atoms with Crippen molar-refractivity contribution in [2.45, 2.75) is 38.2 Å². The van der Waals surface area contributed by atoms with Gasteiger partial charge in [-0.15, -0.1) is 0 Å². The molecule has 2 aliphatic rings. The summed E-state index contributed by atoms with van der Waals surface area (Å²) in [5.74, 6) is 2.62. The van der Waals surface area contributed by atoms with Gasteiger partial charge in [-0.1, -0.05) is 12.1 Å². The molecule has 98 valence electrons. The van der Waals surface area contributed by atoms with Crippen LogP contribution in [-0.2, 0) is 11.2 Å². The lowest BCUT2D eigenvalue weighted by Gasteiger charge is -2.47. The Balaban J connectivity index is 1.49. The maximum atomic E-state index is 5.89. The molecule has 0 N–H and O–H groups in total. The number of methoxy groups -OCH3 is 1. The van der Waals surface area contributed by atoms with Crippen LogP contribution in [0.5, 0.6) is 5.75 Å². The van der Waals surface area contributed by atoms with Crippen molar-refractivity contribution in [3.63, 3.8) is 0 Å². The van der Waals surface area contributed by atoms with Crippen LogP contribution in [0.25, 0.3) is 0 Å². The molecule has 1 saturated heterocycles. The van der Waals surface area contributed by atoms with Crippen LogP contribution in [0.1, 0.15) is 31.2 Å². The molecule has 2 heteroatoms. The predicted molar refractivity (Wildman–Crippen MR) is 71.9 cm³/mol. The fourth-order valence-corrected chi connectivity index (χ4v) is 3.39. The average molecular weight is 246 g/mol. The third kappa shape index (κ3) is 2.39. The zero-order valence-electron chi connectivity index (χ0n) is 11.1. The zero-order valence-corrected chi connectivity index (χ0v) is 11.1. The van der Waals surface area contributed by atoms with E-state index in [0.29, 0.717) is 6.10 Å². The summed E-state index contributed by atoms with van der Waals surface area (Å²) >= 11 is 0. The Bertz CT molecular complexity index is 385. The number of ether oxygens (including phenoxy) is 2. The number of hydrogen-bond acceptors (Lipinski definition) is 2. The molecule has 1 aromatic rings. The number of aryl methyl sites for hydroxylation is 1. The fourth-order valence-electron chi connectivity index (χ4n) is 3.39. The smallest absolute Gasteiger partial charge is 0.118 e. The van der Waals surface area contributed by atoms with E-state index in [9.17, 15) is 0 Å². The van der Waals surface area contributed by atoms with Crippen LogP contribution >= 0.6 is 0 Å². The number of hydrogen-bond donors (Lipinski definition) is 0. The summed E-state index contributed by atoms with van der Waals surface area (Å²) in [6, 6.07) is 8.46. The molecule has 2 fully saturated rings. The standard InChI is InChI=1S/C16H22O2/c1-17-15-8-5-12(6-9-15)4-7-14-11-13-3-2-10-18-16(13)14/h5-6,8-9,13-14,16H,2-4,7,10-11H2,1H3/t13-,14?,16-/m1/s1. The van der Waals surface area contributed by atoms with Crippen molar-refractivity contribution in [1.82, 2.24) is 0 Å². The van der Waals surface area contributed by atoms with Gasteiger partial charge in [-0.3, -0.25) is 0 Å². The van der Waals surface area contributed by atoms with E-state index in [-0.39, 0.29) is 0 Å². The molecule has 1 unspecified atom stereocenters. The van der Waals surface area contributed by atoms with Crippen LogP contribution in [0.15, 0.2) is 24.3 Å². The molecule has 1 saturated carbocycles. The van der Waals surface area contributed by atoms with E-state index in [1.807, 2.05) is 0 Å². The summed E-state index contributed by atoms with van der Waals surface area (Å²) in [6.07, 6.45) is 7.07. The Morgan fingerprint density at radius 2 is 2.11 bits per heavy atom. The van der Waals surface area contributed by atoms with Crippen LogP contribution in [0.2, 0.25) is 0 Å². The van der Waals surface area contributed by atoms with Gasteiger partial charge >= 0.3 is 0 Å². The summed E-state index contributed by atoms with van der Waals surface area (Å²) in [7, 11) is 1.71. The summed E-state index contributed by atoms with van der Waals surface area (Å²) in [5.41, 5.74) is 1.41. The van der Waals surface area contributed by atoms with Crippen molar-refractivity contribution in [2.24, 2.45) is 11.8 Å². The Hall–Kier alpha value is -1.02. The van der Waals surface area contributed by atoms with Gasteiger partial charge in [-0.05, 0) is 61.6 Å². The summed E-state index contributed by atoms with van der Waals surface area (Å²) in [5, 5.41) is 0. The summed E-state index contributed by atoms with van der Waals surface area (Å²) in [4.78, 5) is 0. The molecule has 3 atom stereocenters. The molecule has 0 radical (unpaired) electrons. The molecule has 0 aromatic heterocycles. The van der Waals surface area contributed by atoms with Gasteiger partial charge in [0.25, 0.3) is 0 Å². The molecule has 0 amide bonds. The lowest BCUT2D eigenvalue weighted by atomic mass is 9.66. The first-order valence-corrected chi connectivity index (χ1v) is 7.11. The van der Waals surface area contributed by atoms with E-state index in [0.717, 1.165) is 24.2 Å².